The van der Waals surface area contributed by atoms with E-state index < -0.39 is 0 Å². The number of aromatic nitrogens is 1. The average Bonchev–Trinajstić information content (AvgIpc) is 2.48. The third-order valence-corrected chi connectivity index (χ3v) is 4.17. The van der Waals surface area contributed by atoms with Crippen LogP contribution in [0.4, 0.5) is 5.82 Å². The summed E-state index contributed by atoms with van der Waals surface area (Å²) in [5.74, 6) is 0.903. The lowest BCUT2D eigenvalue weighted by molar-refractivity contribution is 0.624. The van der Waals surface area contributed by atoms with E-state index in [1.165, 1.54) is 19.3 Å². The number of pyridine rings is 1. The number of halogens is 2. The molecule has 0 aromatic carbocycles. The number of hydrogen-bond donors (Lipinski definition) is 1. The maximum absolute atomic E-state index is 6.38. The van der Waals surface area contributed by atoms with Crippen molar-refractivity contribution < 1.29 is 0 Å². The van der Waals surface area contributed by atoms with Crippen LogP contribution in [0.25, 0.3) is 0 Å². The molecule has 0 amide bonds. The molecule has 1 saturated carbocycles. The minimum Gasteiger partial charge on any atom is -0.365 e. The van der Waals surface area contributed by atoms with Crippen molar-refractivity contribution in [3.63, 3.8) is 0 Å². The van der Waals surface area contributed by atoms with Gasteiger partial charge in [-0.25, -0.2) is 4.98 Å². The average molecular weight is 304 g/mol. The quantitative estimate of drug-likeness (QED) is 0.654. The highest BCUT2D eigenvalue weighted by atomic mass is 79.9. The Bertz CT molecular complexity index is 346. The van der Waals surface area contributed by atoms with Gasteiger partial charge in [0.05, 0.1) is 9.85 Å². The van der Waals surface area contributed by atoms with E-state index in [-0.39, 0.29) is 5.38 Å². The van der Waals surface area contributed by atoms with Crippen LogP contribution in [0.3, 0.4) is 0 Å². The van der Waals surface area contributed by atoms with E-state index in [2.05, 4.69) is 26.2 Å². The molecule has 1 fully saturated rings. The molecular weight excluding hydrogens is 288 g/mol. The Morgan fingerprint density at radius 3 is 2.94 bits per heavy atom. The van der Waals surface area contributed by atoms with E-state index in [1.54, 1.807) is 6.20 Å². The zero-order valence-corrected chi connectivity index (χ0v) is 11.5. The summed E-state index contributed by atoms with van der Waals surface area (Å²) in [6, 6.07) is 4.26. The van der Waals surface area contributed by atoms with Crippen LogP contribution in [0.5, 0.6) is 0 Å². The number of nitrogens with one attached hydrogen (secondary N) is 1. The van der Waals surface area contributed by atoms with Crippen LogP contribution in [0.2, 0.25) is 0 Å². The predicted molar refractivity (Wildman–Crippen MR) is 72.1 cm³/mol. The molecule has 2 rings (SSSR count). The Hall–Kier alpha value is -0.280. The van der Waals surface area contributed by atoms with Gasteiger partial charge in [-0.1, -0.05) is 19.3 Å². The first-order chi connectivity index (χ1) is 7.77. The van der Waals surface area contributed by atoms with Crippen molar-refractivity contribution in [2.45, 2.75) is 43.5 Å². The molecule has 2 atom stereocenters. The van der Waals surface area contributed by atoms with Crippen LogP contribution in [0, 0.1) is 0 Å². The molecule has 1 aromatic heterocycles. The number of rotatable bonds is 2. The van der Waals surface area contributed by atoms with Crippen molar-refractivity contribution in [2.75, 3.05) is 5.32 Å². The van der Waals surface area contributed by atoms with Gasteiger partial charge in [0.2, 0.25) is 0 Å². The summed E-state index contributed by atoms with van der Waals surface area (Å²) in [5.41, 5.74) is 0. The van der Waals surface area contributed by atoms with Gasteiger partial charge in [-0.2, -0.15) is 0 Å². The van der Waals surface area contributed by atoms with Gasteiger partial charge in [-0.15, -0.1) is 11.6 Å². The fourth-order valence-corrected chi connectivity index (χ4v) is 2.81. The molecule has 4 heteroatoms. The van der Waals surface area contributed by atoms with Crippen molar-refractivity contribution in [3.8, 4) is 0 Å². The van der Waals surface area contributed by atoms with Gasteiger partial charge < -0.3 is 5.32 Å². The molecule has 2 nitrogen and oxygen atoms in total. The minimum absolute atomic E-state index is 0.219. The molecule has 16 heavy (non-hydrogen) atoms. The van der Waals surface area contributed by atoms with Gasteiger partial charge >= 0.3 is 0 Å². The largest absolute Gasteiger partial charge is 0.365 e. The first-order valence-corrected chi connectivity index (χ1v) is 7.01. The summed E-state index contributed by atoms with van der Waals surface area (Å²) in [5, 5.41) is 3.67. The molecule has 0 aliphatic heterocycles. The van der Waals surface area contributed by atoms with Gasteiger partial charge in [0, 0.05) is 12.2 Å². The highest BCUT2D eigenvalue weighted by Gasteiger charge is 2.22. The molecular formula is C12H16BrClN2. The second-order valence-electron chi connectivity index (χ2n) is 4.24. The molecule has 0 saturated heterocycles. The van der Waals surface area contributed by atoms with Crippen LogP contribution in [0.1, 0.15) is 32.1 Å². The van der Waals surface area contributed by atoms with Gasteiger partial charge in [-0.3, -0.25) is 0 Å². The highest BCUT2D eigenvalue weighted by molar-refractivity contribution is 9.10. The first-order valence-electron chi connectivity index (χ1n) is 5.78. The van der Waals surface area contributed by atoms with Crippen molar-refractivity contribution in [2.24, 2.45) is 0 Å². The van der Waals surface area contributed by atoms with E-state index in [9.17, 15) is 0 Å². The first kappa shape index (κ1) is 12.2. The van der Waals surface area contributed by atoms with Crippen LogP contribution < -0.4 is 5.32 Å². The lowest BCUT2D eigenvalue weighted by Gasteiger charge is -2.22. The van der Waals surface area contributed by atoms with Crippen molar-refractivity contribution >= 4 is 33.3 Å². The maximum atomic E-state index is 6.38. The van der Waals surface area contributed by atoms with E-state index >= 15 is 0 Å². The molecule has 1 N–H and O–H groups in total. The lowest BCUT2D eigenvalue weighted by atomic mass is 10.1. The molecule has 0 spiro atoms. The Balaban J connectivity index is 2.05. The topological polar surface area (TPSA) is 24.9 Å². The van der Waals surface area contributed by atoms with E-state index in [1.807, 2.05) is 12.1 Å². The second kappa shape index (κ2) is 5.87. The maximum Gasteiger partial charge on any atom is 0.140 e. The zero-order valence-electron chi connectivity index (χ0n) is 9.13. The Morgan fingerprint density at radius 1 is 1.31 bits per heavy atom. The van der Waals surface area contributed by atoms with E-state index in [0.29, 0.717) is 6.04 Å². The molecule has 1 aromatic rings. The van der Waals surface area contributed by atoms with Crippen LogP contribution in [0.15, 0.2) is 22.8 Å². The van der Waals surface area contributed by atoms with Crippen LogP contribution in [-0.2, 0) is 0 Å². The van der Waals surface area contributed by atoms with Crippen molar-refractivity contribution in [1.82, 2.24) is 4.98 Å². The fraction of sp³-hybridized carbons (Fsp3) is 0.583. The SMILES string of the molecule is ClC1CCCCCC1Nc1ncccc1Br. The van der Waals surface area contributed by atoms with Gasteiger partial charge in [0.25, 0.3) is 0 Å². The summed E-state index contributed by atoms with van der Waals surface area (Å²) in [6.07, 6.45) is 7.83. The van der Waals surface area contributed by atoms with Gasteiger partial charge in [-0.05, 0) is 40.9 Å². The van der Waals surface area contributed by atoms with Gasteiger partial charge in [0.15, 0.2) is 0 Å². The van der Waals surface area contributed by atoms with E-state index in [0.717, 1.165) is 23.1 Å². The third kappa shape index (κ3) is 3.11. The Kier molecular flexibility index (Phi) is 4.47. The molecule has 1 aliphatic rings. The summed E-state index contributed by atoms with van der Waals surface area (Å²) in [4.78, 5) is 4.32. The van der Waals surface area contributed by atoms with Crippen LogP contribution in [-0.4, -0.2) is 16.4 Å². The van der Waals surface area contributed by atoms with Crippen LogP contribution >= 0.6 is 27.5 Å². The molecule has 0 bridgehead atoms. The van der Waals surface area contributed by atoms with Crippen molar-refractivity contribution in [1.29, 1.82) is 0 Å². The second-order valence-corrected chi connectivity index (χ2v) is 5.65. The predicted octanol–water partition coefficient (Wildman–Crippen LogP) is 4.20. The fourth-order valence-electron chi connectivity index (χ4n) is 2.09. The lowest BCUT2D eigenvalue weighted by Crippen LogP contribution is -2.29. The Morgan fingerprint density at radius 2 is 2.12 bits per heavy atom. The minimum atomic E-state index is 0.219. The van der Waals surface area contributed by atoms with Crippen molar-refractivity contribution in [3.05, 3.63) is 22.8 Å². The number of nitrogens with zero attached hydrogens (tertiary/aromatic N) is 1. The number of hydrogen-bond acceptors (Lipinski definition) is 2. The summed E-state index contributed by atoms with van der Waals surface area (Å²) < 4.78 is 1.00. The third-order valence-electron chi connectivity index (χ3n) is 3.01. The monoisotopic (exact) mass is 302 g/mol. The summed E-state index contributed by atoms with van der Waals surface area (Å²) >= 11 is 9.88. The smallest absolute Gasteiger partial charge is 0.140 e. The standard InChI is InChI=1S/C12H16BrClN2/c13-9-5-4-8-15-12(9)16-11-7-3-1-2-6-10(11)14/h4-5,8,10-11H,1-3,6-7H2,(H,15,16). The normalized spacial score (nSPS) is 26.1. The van der Waals surface area contributed by atoms with E-state index in [4.69, 9.17) is 11.6 Å². The molecule has 88 valence electrons. The Labute approximate surface area is 110 Å². The summed E-state index contributed by atoms with van der Waals surface area (Å²) in [7, 11) is 0. The molecule has 2 unspecified atom stereocenters. The highest BCUT2D eigenvalue weighted by Crippen LogP contribution is 2.27. The summed E-state index contributed by atoms with van der Waals surface area (Å²) in [6.45, 7) is 0. The zero-order chi connectivity index (χ0) is 11.4. The molecule has 1 aliphatic carbocycles. The number of alkyl halides is 1. The van der Waals surface area contributed by atoms with Gasteiger partial charge in [0.1, 0.15) is 5.82 Å². The molecule has 1 heterocycles. The molecule has 0 radical (unpaired) electrons. The number of anilines is 1.